The first kappa shape index (κ1) is 19.7. The second-order valence-corrected chi connectivity index (χ2v) is 7.33. The number of rotatable bonds is 6. The van der Waals surface area contributed by atoms with Gasteiger partial charge in [0.2, 0.25) is 5.91 Å². The second kappa shape index (κ2) is 8.02. The van der Waals surface area contributed by atoms with Gasteiger partial charge in [-0.2, -0.15) is 0 Å². The van der Waals surface area contributed by atoms with E-state index < -0.39 is 0 Å². The van der Waals surface area contributed by atoms with Gasteiger partial charge in [0.1, 0.15) is 12.4 Å². The lowest BCUT2D eigenvalue weighted by molar-refractivity contribution is -0.122. The van der Waals surface area contributed by atoms with E-state index in [9.17, 15) is 9.59 Å². The number of nitrogens with zero attached hydrogens (tertiary/aromatic N) is 4. The van der Waals surface area contributed by atoms with Crippen molar-refractivity contribution in [3.05, 3.63) is 82.8 Å². The molecule has 0 bridgehead atoms. The normalized spacial score (nSPS) is 12.2. The van der Waals surface area contributed by atoms with E-state index >= 15 is 0 Å². The van der Waals surface area contributed by atoms with Crippen LogP contribution in [0, 0.1) is 6.92 Å². The van der Waals surface area contributed by atoms with E-state index in [0.717, 1.165) is 28.1 Å². The van der Waals surface area contributed by atoms with Crippen molar-refractivity contribution in [1.82, 2.24) is 24.0 Å². The van der Waals surface area contributed by atoms with Gasteiger partial charge < -0.3 is 9.88 Å². The van der Waals surface area contributed by atoms with Crippen LogP contribution in [0.4, 0.5) is 0 Å². The van der Waals surface area contributed by atoms with Crippen molar-refractivity contribution in [2.75, 3.05) is 0 Å². The predicted molar refractivity (Wildman–Crippen MR) is 117 cm³/mol. The number of aryl methyl sites for hydroxylation is 2. The van der Waals surface area contributed by atoms with Crippen molar-refractivity contribution in [2.24, 2.45) is 0 Å². The number of imidazole rings is 2. The number of amides is 1. The number of aromatic nitrogens is 4. The minimum absolute atomic E-state index is 0.0109. The van der Waals surface area contributed by atoms with Crippen molar-refractivity contribution in [2.45, 2.75) is 39.9 Å². The van der Waals surface area contributed by atoms with Crippen LogP contribution < -0.4 is 11.0 Å². The molecule has 2 heterocycles. The Hall–Kier alpha value is -3.61. The van der Waals surface area contributed by atoms with E-state index in [1.165, 1.54) is 4.57 Å². The quantitative estimate of drug-likeness (QED) is 0.537. The highest BCUT2D eigenvalue weighted by Gasteiger charge is 2.16. The molecule has 4 aromatic rings. The average molecular weight is 403 g/mol. The van der Waals surface area contributed by atoms with E-state index in [-0.39, 0.29) is 24.2 Å². The topological polar surface area (TPSA) is 73.8 Å². The number of benzene rings is 2. The summed E-state index contributed by atoms with van der Waals surface area (Å²) < 4.78 is 5.22. The zero-order valence-electron chi connectivity index (χ0n) is 17.4. The van der Waals surface area contributed by atoms with Gasteiger partial charge in [0.25, 0.3) is 0 Å². The second-order valence-electron chi connectivity index (χ2n) is 7.33. The summed E-state index contributed by atoms with van der Waals surface area (Å²) in [4.78, 5) is 29.7. The zero-order chi connectivity index (χ0) is 21.3. The number of nitrogens with one attached hydrogen (secondary N) is 1. The summed E-state index contributed by atoms with van der Waals surface area (Å²) in [5.74, 6) is 0.721. The maximum Gasteiger partial charge on any atom is 0.329 e. The molecule has 0 aliphatic heterocycles. The van der Waals surface area contributed by atoms with Crippen LogP contribution in [0.3, 0.4) is 0 Å². The van der Waals surface area contributed by atoms with Crippen molar-refractivity contribution in [3.8, 4) is 5.69 Å². The smallest absolute Gasteiger partial charge is 0.329 e. The third-order valence-electron chi connectivity index (χ3n) is 5.42. The van der Waals surface area contributed by atoms with Crippen LogP contribution >= 0.6 is 0 Å². The predicted octanol–water partition coefficient (Wildman–Crippen LogP) is 3.19. The van der Waals surface area contributed by atoms with Crippen molar-refractivity contribution < 1.29 is 4.79 Å². The van der Waals surface area contributed by atoms with E-state index in [1.807, 2.05) is 80.1 Å². The summed E-state index contributed by atoms with van der Waals surface area (Å²) in [6.07, 6.45) is 3.68. The lowest BCUT2D eigenvalue weighted by Crippen LogP contribution is -2.34. The molecule has 7 nitrogen and oxygen atoms in total. The molecule has 0 saturated heterocycles. The Labute approximate surface area is 174 Å². The molecule has 0 aliphatic rings. The standard InChI is InChI=1S/C23H25N5O2/c1-4-26-20-7-5-6-8-21(20)28(23(26)30)15-22(29)25-16(2)18-9-11-19(12-10-18)27-14-13-24-17(27)3/h5-14,16H,4,15H2,1-3H3,(H,25,29)/t16-/m0/s1. The molecule has 1 amide bonds. The lowest BCUT2D eigenvalue weighted by Gasteiger charge is -2.15. The largest absolute Gasteiger partial charge is 0.348 e. The SMILES string of the molecule is CCn1c(=O)n(CC(=O)N[C@@H](C)c2ccc(-n3ccnc3C)cc2)c2ccccc21. The van der Waals surface area contributed by atoms with E-state index in [1.54, 1.807) is 10.8 Å². The van der Waals surface area contributed by atoms with Crippen LogP contribution in [0.15, 0.2) is 65.7 Å². The summed E-state index contributed by atoms with van der Waals surface area (Å²) >= 11 is 0. The van der Waals surface area contributed by atoms with Gasteiger partial charge in [-0.05, 0) is 50.6 Å². The van der Waals surface area contributed by atoms with Gasteiger partial charge in [-0.1, -0.05) is 24.3 Å². The minimum atomic E-state index is -0.196. The molecular formula is C23H25N5O2. The summed E-state index contributed by atoms with van der Waals surface area (Å²) in [5.41, 5.74) is 3.46. The number of fused-ring (bicyclic) bond motifs is 1. The molecule has 0 saturated carbocycles. The van der Waals surface area contributed by atoms with Crippen LogP contribution in [0.2, 0.25) is 0 Å². The maximum atomic E-state index is 12.7. The Morgan fingerprint density at radius 3 is 2.33 bits per heavy atom. The minimum Gasteiger partial charge on any atom is -0.348 e. The molecule has 1 N–H and O–H groups in total. The third kappa shape index (κ3) is 3.54. The molecule has 30 heavy (non-hydrogen) atoms. The number of carbonyl (C=O) groups excluding carboxylic acids is 1. The molecule has 7 heteroatoms. The Kier molecular flexibility index (Phi) is 5.27. The molecule has 2 aromatic heterocycles. The highest BCUT2D eigenvalue weighted by Crippen LogP contribution is 2.17. The highest BCUT2D eigenvalue weighted by atomic mass is 16.2. The van der Waals surface area contributed by atoms with Gasteiger partial charge in [-0.15, -0.1) is 0 Å². The van der Waals surface area contributed by atoms with E-state index in [0.29, 0.717) is 6.54 Å². The summed E-state index contributed by atoms with van der Waals surface area (Å²) in [7, 11) is 0. The molecule has 0 fully saturated rings. The molecule has 0 unspecified atom stereocenters. The maximum absolute atomic E-state index is 12.7. The average Bonchev–Trinajstić information content (AvgIpc) is 3.29. The first-order valence-electron chi connectivity index (χ1n) is 10.1. The molecular weight excluding hydrogens is 378 g/mol. The fourth-order valence-electron chi connectivity index (χ4n) is 3.82. The first-order chi connectivity index (χ1) is 14.5. The number of hydrogen-bond donors (Lipinski definition) is 1. The monoisotopic (exact) mass is 403 g/mol. The molecule has 0 aliphatic carbocycles. The van der Waals surface area contributed by atoms with Crippen LogP contribution in [-0.2, 0) is 17.9 Å². The summed E-state index contributed by atoms with van der Waals surface area (Å²) in [6, 6.07) is 15.4. The lowest BCUT2D eigenvalue weighted by atomic mass is 10.1. The molecule has 1 atom stereocenters. The van der Waals surface area contributed by atoms with Gasteiger partial charge in [-0.25, -0.2) is 9.78 Å². The van der Waals surface area contributed by atoms with E-state index in [2.05, 4.69) is 10.3 Å². The Bertz CT molecular complexity index is 1250. The van der Waals surface area contributed by atoms with Crippen molar-refractivity contribution in [3.63, 3.8) is 0 Å². The summed E-state index contributed by atoms with van der Waals surface area (Å²) in [6.45, 7) is 6.37. The molecule has 2 aromatic carbocycles. The van der Waals surface area contributed by atoms with E-state index in [4.69, 9.17) is 0 Å². The van der Waals surface area contributed by atoms with Gasteiger partial charge in [0.05, 0.1) is 17.1 Å². The number of hydrogen-bond acceptors (Lipinski definition) is 3. The van der Waals surface area contributed by atoms with Crippen molar-refractivity contribution >= 4 is 16.9 Å². The molecule has 4 rings (SSSR count). The Morgan fingerprint density at radius 1 is 1.07 bits per heavy atom. The summed E-state index contributed by atoms with van der Waals surface area (Å²) in [5, 5.41) is 3.00. The van der Waals surface area contributed by atoms with Gasteiger partial charge in [0, 0.05) is 24.6 Å². The van der Waals surface area contributed by atoms with Crippen molar-refractivity contribution in [1.29, 1.82) is 0 Å². The van der Waals surface area contributed by atoms with Crippen LogP contribution in [0.5, 0.6) is 0 Å². The highest BCUT2D eigenvalue weighted by molar-refractivity contribution is 5.81. The fourth-order valence-corrected chi connectivity index (χ4v) is 3.82. The number of carbonyl (C=O) groups is 1. The van der Waals surface area contributed by atoms with Crippen LogP contribution in [0.1, 0.15) is 31.3 Å². The van der Waals surface area contributed by atoms with Gasteiger partial charge in [0.15, 0.2) is 0 Å². The molecule has 0 radical (unpaired) electrons. The molecule has 154 valence electrons. The zero-order valence-corrected chi connectivity index (χ0v) is 17.4. The third-order valence-corrected chi connectivity index (χ3v) is 5.42. The fraction of sp³-hybridized carbons (Fsp3) is 0.261. The van der Waals surface area contributed by atoms with Gasteiger partial charge in [-0.3, -0.25) is 13.9 Å². The first-order valence-corrected chi connectivity index (χ1v) is 10.1. The Balaban J connectivity index is 1.50. The van der Waals surface area contributed by atoms with Gasteiger partial charge >= 0.3 is 5.69 Å². The van der Waals surface area contributed by atoms with Crippen LogP contribution in [-0.4, -0.2) is 24.6 Å². The Morgan fingerprint density at radius 2 is 1.73 bits per heavy atom. The van der Waals surface area contributed by atoms with Crippen LogP contribution in [0.25, 0.3) is 16.7 Å². The number of para-hydroxylation sites is 2. The molecule has 0 spiro atoms.